The van der Waals surface area contributed by atoms with Crippen molar-refractivity contribution in [3.8, 4) is 5.75 Å². The summed E-state index contributed by atoms with van der Waals surface area (Å²) in [5.41, 5.74) is 0.136. The molecule has 0 saturated heterocycles. The Morgan fingerprint density at radius 3 is 2.81 bits per heavy atom. The Bertz CT molecular complexity index is 366. The van der Waals surface area contributed by atoms with E-state index in [1.54, 1.807) is 6.07 Å². The van der Waals surface area contributed by atoms with Gasteiger partial charge in [0.05, 0.1) is 12.7 Å². The molecule has 3 nitrogen and oxygen atoms in total. The van der Waals surface area contributed by atoms with Gasteiger partial charge in [-0.05, 0) is 32.1 Å². The van der Waals surface area contributed by atoms with E-state index < -0.39 is 5.82 Å². The molecule has 0 spiro atoms. The molecule has 0 aromatic heterocycles. The van der Waals surface area contributed by atoms with Gasteiger partial charge >= 0.3 is 0 Å². The van der Waals surface area contributed by atoms with E-state index in [1.807, 2.05) is 7.05 Å². The fourth-order valence-electron chi connectivity index (χ4n) is 1.41. The fraction of sp³-hybridized carbons (Fsp3) is 0.417. The van der Waals surface area contributed by atoms with E-state index in [0.29, 0.717) is 18.6 Å². The van der Waals surface area contributed by atoms with Crippen molar-refractivity contribution in [1.82, 2.24) is 5.32 Å². The highest BCUT2D eigenvalue weighted by Gasteiger charge is 2.11. The Morgan fingerprint density at radius 1 is 1.50 bits per heavy atom. The largest absolute Gasteiger partial charge is 0.497 e. The first-order chi connectivity index (χ1) is 7.69. The van der Waals surface area contributed by atoms with Gasteiger partial charge in [0, 0.05) is 12.5 Å². The molecule has 4 heteroatoms. The Balaban J connectivity index is 2.68. The van der Waals surface area contributed by atoms with Crippen LogP contribution >= 0.6 is 0 Å². The Labute approximate surface area is 94.6 Å². The highest BCUT2D eigenvalue weighted by Crippen LogP contribution is 2.17. The maximum atomic E-state index is 13.5. The number of carbonyl (C=O) groups is 1. The molecule has 0 aliphatic heterocycles. The first-order valence-corrected chi connectivity index (χ1v) is 5.20. The molecule has 0 bridgehead atoms. The zero-order valence-electron chi connectivity index (χ0n) is 9.55. The minimum Gasteiger partial charge on any atom is -0.497 e. The average molecular weight is 225 g/mol. The number of hydrogen-bond donors (Lipinski definition) is 1. The summed E-state index contributed by atoms with van der Waals surface area (Å²) in [7, 11) is 3.28. The lowest BCUT2D eigenvalue weighted by Gasteiger charge is -2.04. The lowest BCUT2D eigenvalue weighted by molar-refractivity contribution is 0.0976. The van der Waals surface area contributed by atoms with E-state index in [0.717, 1.165) is 6.54 Å². The lowest BCUT2D eigenvalue weighted by atomic mass is 10.1. The van der Waals surface area contributed by atoms with Crippen molar-refractivity contribution < 1.29 is 13.9 Å². The minimum atomic E-state index is -0.520. The zero-order chi connectivity index (χ0) is 12.0. The molecule has 0 unspecified atom stereocenters. The molecule has 0 radical (unpaired) electrons. The van der Waals surface area contributed by atoms with Gasteiger partial charge < -0.3 is 10.1 Å². The molecule has 0 heterocycles. The van der Waals surface area contributed by atoms with Crippen LogP contribution in [0.5, 0.6) is 5.75 Å². The van der Waals surface area contributed by atoms with Crippen molar-refractivity contribution in [3.63, 3.8) is 0 Å². The Morgan fingerprint density at radius 2 is 2.25 bits per heavy atom. The highest BCUT2D eigenvalue weighted by molar-refractivity contribution is 5.96. The molecule has 0 saturated carbocycles. The van der Waals surface area contributed by atoms with E-state index >= 15 is 0 Å². The number of benzene rings is 1. The average Bonchev–Trinajstić information content (AvgIpc) is 2.29. The van der Waals surface area contributed by atoms with Crippen LogP contribution < -0.4 is 10.1 Å². The van der Waals surface area contributed by atoms with E-state index in [-0.39, 0.29) is 11.3 Å². The molecule has 0 fully saturated rings. The van der Waals surface area contributed by atoms with Gasteiger partial charge in [0.1, 0.15) is 11.6 Å². The quantitative estimate of drug-likeness (QED) is 0.594. The summed E-state index contributed by atoms with van der Waals surface area (Å²) < 4.78 is 18.3. The van der Waals surface area contributed by atoms with Crippen molar-refractivity contribution in [3.05, 3.63) is 29.6 Å². The summed E-state index contributed by atoms with van der Waals surface area (Å²) in [4.78, 5) is 11.6. The summed E-state index contributed by atoms with van der Waals surface area (Å²) in [6.07, 6.45) is 1.06. The second-order valence-electron chi connectivity index (χ2n) is 3.48. The Hall–Kier alpha value is -1.42. The van der Waals surface area contributed by atoms with Crippen molar-refractivity contribution in [2.45, 2.75) is 12.8 Å². The summed E-state index contributed by atoms with van der Waals surface area (Å²) >= 11 is 0. The second-order valence-corrected chi connectivity index (χ2v) is 3.48. The van der Waals surface area contributed by atoms with Crippen LogP contribution in [0.25, 0.3) is 0 Å². The molecule has 16 heavy (non-hydrogen) atoms. The number of Topliss-reactive ketones (excluding diaryl/α,β-unsaturated/α-hetero) is 1. The van der Waals surface area contributed by atoms with Gasteiger partial charge in [0.2, 0.25) is 0 Å². The normalized spacial score (nSPS) is 10.2. The third-order valence-electron chi connectivity index (χ3n) is 2.31. The topological polar surface area (TPSA) is 38.3 Å². The maximum Gasteiger partial charge on any atom is 0.165 e. The molecule has 0 amide bonds. The standard InChI is InChI=1S/C12H16FNO2/c1-14-7-3-4-12(15)10-6-5-9(16-2)8-11(10)13/h5-6,8,14H,3-4,7H2,1-2H3. The highest BCUT2D eigenvalue weighted by atomic mass is 19.1. The van der Waals surface area contributed by atoms with Crippen LogP contribution in [0.4, 0.5) is 4.39 Å². The summed E-state index contributed by atoms with van der Waals surface area (Å²) in [5.74, 6) is -0.270. The smallest absolute Gasteiger partial charge is 0.165 e. The minimum absolute atomic E-state index is 0.136. The number of ketones is 1. The van der Waals surface area contributed by atoms with E-state index in [4.69, 9.17) is 4.74 Å². The summed E-state index contributed by atoms with van der Waals surface area (Å²) in [6, 6.07) is 4.29. The molecule has 88 valence electrons. The van der Waals surface area contributed by atoms with Crippen molar-refractivity contribution in [2.24, 2.45) is 0 Å². The first kappa shape index (κ1) is 12.6. The molecule has 1 aromatic carbocycles. The number of hydrogen-bond acceptors (Lipinski definition) is 3. The van der Waals surface area contributed by atoms with Crippen LogP contribution in [0.3, 0.4) is 0 Å². The predicted octanol–water partition coefficient (Wildman–Crippen LogP) is 2.02. The van der Waals surface area contributed by atoms with Gasteiger partial charge in [0.15, 0.2) is 5.78 Å². The summed E-state index contributed by atoms with van der Waals surface area (Å²) in [6.45, 7) is 0.753. The molecule has 1 aromatic rings. The lowest BCUT2D eigenvalue weighted by Crippen LogP contribution is -2.10. The molecule has 0 atom stereocenters. The maximum absolute atomic E-state index is 13.5. The van der Waals surface area contributed by atoms with Gasteiger partial charge in [-0.15, -0.1) is 0 Å². The van der Waals surface area contributed by atoms with Gasteiger partial charge in [-0.1, -0.05) is 0 Å². The van der Waals surface area contributed by atoms with Gasteiger partial charge in [-0.2, -0.15) is 0 Å². The predicted molar refractivity (Wildman–Crippen MR) is 60.4 cm³/mol. The number of halogens is 1. The van der Waals surface area contributed by atoms with Crippen LogP contribution in [-0.2, 0) is 0 Å². The number of rotatable bonds is 6. The van der Waals surface area contributed by atoms with Crippen LogP contribution in [0.2, 0.25) is 0 Å². The molecular weight excluding hydrogens is 209 g/mol. The molecular formula is C12H16FNO2. The first-order valence-electron chi connectivity index (χ1n) is 5.20. The monoisotopic (exact) mass is 225 g/mol. The molecule has 0 aliphatic carbocycles. The number of nitrogens with one attached hydrogen (secondary N) is 1. The van der Waals surface area contributed by atoms with Crippen LogP contribution in [0.1, 0.15) is 23.2 Å². The Kier molecular flexibility index (Phi) is 4.92. The third kappa shape index (κ3) is 3.31. The van der Waals surface area contributed by atoms with Crippen molar-refractivity contribution >= 4 is 5.78 Å². The second kappa shape index (κ2) is 6.23. The van der Waals surface area contributed by atoms with Crippen molar-refractivity contribution in [2.75, 3.05) is 20.7 Å². The molecule has 0 aliphatic rings. The molecule has 1 N–H and O–H groups in total. The van der Waals surface area contributed by atoms with Crippen LogP contribution in [0, 0.1) is 5.82 Å². The van der Waals surface area contributed by atoms with E-state index in [9.17, 15) is 9.18 Å². The zero-order valence-corrected chi connectivity index (χ0v) is 9.55. The van der Waals surface area contributed by atoms with Gasteiger partial charge in [-0.25, -0.2) is 4.39 Å². The van der Waals surface area contributed by atoms with Crippen LogP contribution in [0.15, 0.2) is 18.2 Å². The van der Waals surface area contributed by atoms with E-state index in [1.165, 1.54) is 19.2 Å². The van der Waals surface area contributed by atoms with E-state index in [2.05, 4.69) is 5.32 Å². The van der Waals surface area contributed by atoms with Crippen molar-refractivity contribution in [1.29, 1.82) is 0 Å². The third-order valence-corrected chi connectivity index (χ3v) is 2.31. The van der Waals surface area contributed by atoms with Crippen LogP contribution in [-0.4, -0.2) is 26.5 Å². The number of methoxy groups -OCH3 is 1. The summed E-state index contributed by atoms with van der Waals surface area (Å²) in [5, 5.41) is 2.94. The molecule has 1 rings (SSSR count). The van der Waals surface area contributed by atoms with Gasteiger partial charge in [-0.3, -0.25) is 4.79 Å². The van der Waals surface area contributed by atoms with Gasteiger partial charge in [0.25, 0.3) is 0 Å². The SMILES string of the molecule is CNCCCC(=O)c1ccc(OC)cc1F. The number of carbonyl (C=O) groups excluding carboxylic acids is 1. The fourth-order valence-corrected chi connectivity index (χ4v) is 1.41. The number of ether oxygens (including phenoxy) is 1.